The van der Waals surface area contributed by atoms with Crippen LogP contribution in [0, 0.1) is 6.92 Å². The van der Waals surface area contributed by atoms with Crippen LogP contribution >= 0.6 is 0 Å². The van der Waals surface area contributed by atoms with E-state index in [1.165, 1.54) is 12.1 Å². The van der Waals surface area contributed by atoms with Gasteiger partial charge in [-0.2, -0.15) is 13.2 Å². The Bertz CT molecular complexity index is 859. The van der Waals surface area contributed by atoms with Gasteiger partial charge in [-0.05, 0) is 37.6 Å². The van der Waals surface area contributed by atoms with Crippen LogP contribution in [0.1, 0.15) is 42.0 Å². The second-order valence-electron chi connectivity index (χ2n) is 6.75. The molecule has 1 aliphatic rings. The molecule has 1 aliphatic heterocycles. The van der Waals surface area contributed by atoms with Crippen LogP contribution in [-0.4, -0.2) is 13.8 Å². The van der Waals surface area contributed by atoms with E-state index < -0.39 is 27.0 Å². The third kappa shape index (κ3) is 3.94. The molecule has 7 heteroatoms. The van der Waals surface area contributed by atoms with Gasteiger partial charge in [-0.15, -0.1) is 0 Å². The van der Waals surface area contributed by atoms with Gasteiger partial charge in [-0.1, -0.05) is 29.8 Å². The summed E-state index contributed by atoms with van der Waals surface area (Å²) in [6, 6.07) is 11.6. The van der Waals surface area contributed by atoms with Crippen molar-refractivity contribution in [1.82, 2.24) is 0 Å². The molecule has 2 unspecified atom stereocenters. The number of aryl methyl sites for hydroxylation is 1. The molecule has 1 saturated heterocycles. The molecule has 3 nitrogen and oxygen atoms in total. The quantitative estimate of drug-likeness (QED) is 0.879. The van der Waals surface area contributed by atoms with Crippen molar-refractivity contribution in [2.45, 2.75) is 48.7 Å². The summed E-state index contributed by atoms with van der Waals surface area (Å²) in [4.78, 5) is 0.289. The molecule has 2 atom stereocenters. The number of piperidine rings is 1. The van der Waals surface area contributed by atoms with Gasteiger partial charge >= 0.3 is 6.18 Å². The highest BCUT2D eigenvalue weighted by molar-refractivity contribution is 7.91. The van der Waals surface area contributed by atoms with Crippen LogP contribution in [0.15, 0.2) is 53.4 Å². The minimum Gasteiger partial charge on any atom is -0.325 e. The monoisotopic (exact) mass is 384 g/mol. The van der Waals surface area contributed by atoms with Gasteiger partial charge in [-0.25, -0.2) is 8.42 Å². The minimum absolute atomic E-state index is 0.156. The number of sulfone groups is 1. The van der Waals surface area contributed by atoms with E-state index >= 15 is 0 Å². The standard InChI is InChI=1S/C19H20F3NO2S/c1-13-5-11-16(12-6-13)26(24,25)18-4-2-3-17(23-18)14-7-9-15(10-8-14)19(20,21)22/h5-12,17-18,23H,2-4H2,1H3/p+1. The molecule has 1 heterocycles. The summed E-state index contributed by atoms with van der Waals surface area (Å²) in [6.07, 6.45) is -2.37. The second-order valence-corrected chi connectivity index (χ2v) is 8.91. The molecule has 2 N–H and O–H groups in total. The first-order valence-corrected chi connectivity index (χ1v) is 10.1. The fourth-order valence-corrected chi connectivity index (χ4v) is 5.09. The molecule has 0 aliphatic carbocycles. The molecular weight excluding hydrogens is 363 g/mol. The van der Waals surface area contributed by atoms with Crippen LogP contribution in [0.2, 0.25) is 0 Å². The maximum Gasteiger partial charge on any atom is 0.416 e. The van der Waals surface area contributed by atoms with E-state index in [9.17, 15) is 21.6 Å². The molecular formula is C19H21F3NO2S+. The summed E-state index contributed by atoms with van der Waals surface area (Å²) < 4.78 is 63.9. The normalized spacial score (nSPS) is 21.5. The van der Waals surface area contributed by atoms with Gasteiger partial charge in [0.1, 0.15) is 6.04 Å². The number of benzene rings is 2. The van der Waals surface area contributed by atoms with E-state index in [1.54, 1.807) is 29.6 Å². The van der Waals surface area contributed by atoms with Gasteiger partial charge in [0.05, 0.1) is 10.5 Å². The Balaban J connectivity index is 1.80. The Kier molecular flexibility index (Phi) is 5.12. The summed E-state index contributed by atoms with van der Waals surface area (Å²) in [5, 5.41) is 1.16. The molecule has 2 aromatic rings. The first kappa shape index (κ1) is 18.9. The van der Waals surface area contributed by atoms with Crippen molar-refractivity contribution in [2.75, 3.05) is 0 Å². The van der Waals surface area contributed by atoms with Crippen LogP contribution in [-0.2, 0) is 16.0 Å². The zero-order valence-electron chi connectivity index (χ0n) is 14.3. The summed E-state index contributed by atoms with van der Waals surface area (Å²) in [7, 11) is -3.49. The Morgan fingerprint density at radius 3 is 2.15 bits per heavy atom. The lowest BCUT2D eigenvalue weighted by Gasteiger charge is -2.28. The van der Waals surface area contributed by atoms with Crippen molar-refractivity contribution >= 4 is 9.84 Å². The van der Waals surface area contributed by atoms with Gasteiger partial charge in [0.15, 0.2) is 5.37 Å². The number of halogens is 3. The Morgan fingerprint density at radius 2 is 1.58 bits per heavy atom. The summed E-state index contributed by atoms with van der Waals surface area (Å²) in [5.74, 6) is 0. The Labute approximate surface area is 151 Å². The van der Waals surface area contributed by atoms with Crippen molar-refractivity contribution in [2.24, 2.45) is 0 Å². The lowest BCUT2D eigenvalue weighted by molar-refractivity contribution is -0.718. The maximum absolute atomic E-state index is 12.9. The van der Waals surface area contributed by atoms with Crippen molar-refractivity contribution in [3.8, 4) is 0 Å². The van der Waals surface area contributed by atoms with Crippen LogP contribution < -0.4 is 5.32 Å². The number of alkyl halides is 3. The Hall–Kier alpha value is -1.86. The van der Waals surface area contributed by atoms with E-state index in [4.69, 9.17) is 0 Å². The van der Waals surface area contributed by atoms with E-state index in [-0.39, 0.29) is 10.9 Å². The zero-order chi connectivity index (χ0) is 18.9. The number of rotatable bonds is 3. The average Bonchev–Trinajstić information content (AvgIpc) is 2.61. The molecule has 0 spiro atoms. The van der Waals surface area contributed by atoms with E-state index in [1.807, 2.05) is 6.92 Å². The van der Waals surface area contributed by atoms with Gasteiger partial charge in [0.25, 0.3) is 0 Å². The number of hydrogen-bond donors (Lipinski definition) is 1. The molecule has 26 heavy (non-hydrogen) atoms. The van der Waals surface area contributed by atoms with Gasteiger partial charge in [-0.3, -0.25) is 0 Å². The SMILES string of the molecule is Cc1ccc(S(=O)(=O)C2CCCC(c3ccc(C(F)(F)F)cc3)[NH2+]2)cc1. The third-order valence-electron chi connectivity index (χ3n) is 4.86. The smallest absolute Gasteiger partial charge is 0.325 e. The molecule has 3 rings (SSSR count). The van der Waals surface area contributed by atoms with E-state index in [0.717, 1.165) is 36.1 Å². The lowest BCUT2D eigenvalue weighted by atomic mass is 9.96. The zero-order valence-corrected chi connectivity index (χ0v) is 15.1. The first-order chi connectivity index (χ1) is 12.2. The third-order valence-corrected chi connectivity index (χ3v) is 6.98. The summed E-state index contributed by atoms with van der Waals surface area (Å²) in [6.45, 7) is 1.89. The van der Waals surface area contributed by atoms with Gasteiger partial charge in [0.2, 0.25) is 9.84 Å². The molecule has 1 fully saturated rings. The lowest BCUT2D eigenvalue weighted by Crippen LogP contribution is -2.93. The summed E-state index contributed by atoms with van der Waals surface area (Å²) >= 11 is 0. The minimum atomic E-state index is -4.37. The first-order valence-electron chi connectivity index (χ1n) is 8.50. The second kappa shape index (κ2) is 7.04. The topological polar surface area (TPSA) is 50.8 Å². The van der Waals surface area contributed by atoms with Crippen LogP contribution in [0.25, 0.3) is 0 Å². The van der Waals surface area contributed by atoms with Crippen LogP contribution in [0.5, 0.6) is 0 Å². The molecule has 0 bridgehead atoms. The number of hydrogen-bond acceptors (Lipinski definition) is 2. The molecule has 0 aromatic heterocycles. The van der Waals surface area contributed by atoms with Gasteiger partial charge in [0, 0.05) is 18.4 Å². The largest absolute Gasteiger partial charge is 0.416 e. The van der Waals surface area contributed by atoms with Crippen molar-refractivity contribution < 1.29 is 26.9 Å². The highest BCUT2D eigenvalue weighted by Gasteiger charge is 2.37. The fourth-order valence-electron chi connectivity index (χ4n) is 3.35. The molecule has 0 radical (unpaired) electrons. The van der Waals surface area contributed by atoms with E-state index in [2.05, 4.69) is 0 Å². The predicted octanol–water partition coefficient (Wildman–Crippen LogP) is 3.60. The molecule has 140 valence electrons. The van der Waals surface area contributed by atoms with E-state index in [0.29, 0.717) is 6.42 Å². The van der Waals surface area contributed by atoms with Crippen molar-refractivity contribution in [3.63, 3.8) is 0 Å². The van der Waals surface area contributed by atoms with Crippen molar-refractivity contribution in [1.29, 1.82) is 0 Å². The number of nitrogens with two attached hydrogens (primary N) is 1. The van der Waals surface area contributed by atoms with Crippen LogP contribution in [0.3, 0.4) is 0 Å². The summed E-state index contributed by atoms with van der Waals surface area (Å²) in [5.41, 5.74) is 1.02. The fraction of sp³-hybridized carbons (Fsp3) is 0.368. The molecule has 0 amide bonds. The predicted molar refractivity (Wildman–Crippen MR) is 92.1 cm³/mol. The van der Waals surface area contributed by atoms with Gasteiger partial charge < -0.3 is 5.32 Å². The van der Waals surface area contributed by atoms with Crippen LogP contribution in [0.4, 0.5) is 13.2 Å². The maximum atomic E-state index is 12.9. The Morgan fingerprint density at radius 1 is 0.962 bits per heavy atom. The molecule has 2 aromatic carbocycles. The number of quaternary nitrogens is 1. The molecule has 0 saturated carbocycles. The highest BCUT2D eigenvalue weighted by atomic mass is 32.2. The average molecular weight is 384 g/mol. The highest BCUT2D eigenvalue weighted by Crippen LogP contribution is 2.31. The van der Waals surface area contributed by atoms with Crippen molar-refractivity contribution in [3.05, 3.63) is 65.2 Å².